The summed E-state index contributed by atoms with van der Waals surface area (Å²) in [6.07, 6.45) is 0. The summed E-state index contributed by atoms with van der Waals surface area (Å²) in [6.45, 7) is 4.82. The number of rotatable bonds is 6. The SMILES string of the molecule is Cc1cccc(NC(=O)CN(C)CCN2C(=O)c3ccccc3C2=O)c1C. The molecule has 3 amide bonds. The molecular weight excluding hydrogens is 342 g/mol. The van der Waals surface area contributed by atoms with E-state index in [1.54, 1.807) is 36.2 Å². The Hall–Kier alpha value is -2.99. The zero-order valence-electron chi connectivity index (χ0n) is 15.8. The van der Waals surface area contributed by atoms with E-state index in [1.807, 2.05) is 32.0 Å². The number of carbonyl (C=O) groups excluding carboxylic acids is 3. The molecule has 0 bridgehead atoms. The Morgan fingerprint density at radius 2 is 1.63 bits per heavy atom. The quantitative estimate of drug-likeness (QED) is 0.799. The summed E-state index contributed by atoms with van der Waals surface area (Å²) in [7, 11) is 1.79. The second-order valence-electron chi connectivity index (χ2n) is 6.84. The van der Waals surface area contributed by atoms with E-state index in [1.165, 1.54) is 4.90 Å². The minimum absolute atomic E-state index is 0.131. The van der Waals surface area contributed by atoms with Crippen molar-refractivity contribution in [1.29, 1.82) is 0 Å². The van der Waals surface area contributed by atoms with Gasteiger partial charge in [-0.15, -0.1) is 0 Å². The van der Waals surface area contributed by atoms with Gasteiger partial charge < -0.3 is 5.32 Å². The fraction of sp³-hybridized carbons (Fsp3) is 0.286. The highest BCUT2D eigenvalue weighted by atomic mass is 16.2. The second-order valence-corrected chi connectivity index (χ2v) is 6.84. The molecule has 140 valence electrons. The molecule has 0 saturated heterocycles. The third kappa shape index (κ3) is 3.90. The largest absolute Gasteiger partial charge is 0.325 e. The number of nitrogens with one attached hydrogen (secondary N) is 1. The van der Waals surface area contributed by atoms with Gasteiger partial charge in [-0.1, -0.05) is 24.3 Å². The summed E-state index contributed by atoms with van der Waals surface area (Å²) in [4.78, 5) is 40.0. The molecule has 0 radical (unpaired) electrons. The Morgan fingerprint density at radius 1 is 1.00 bits per heavy atom. The molecule has 0 aromatic heterocycles. The van der Waals surface area contributed by atoms with E-state index in [2.05, 4.69) is 5.32 Å². The molecule has 0 unspecified atom stereocenters. The summed E-state index contributed by atoms with van der Waals surface area (Å²) in [5.41, 5.74) is 3.84. The first-order valence-corrected chi connectivity index (χ1v) is 8.88. The van der Waals surface area contributed by atoms with Crippen LogP contribution in [0.5, 0.6) is 0 Å². The highest BCUT2D eigenvalue weighted by molar-refractivity contribution is 6.21. The number of amides is 3. The third-order valence-electron chi connectivity index (χ3n) is 4.88. The number of aryl methyl sites for hydroxylation is 1. The van der Waals surface area contributed by atoms with Crippen molar-refractivity contribution in [2.75, 3.05) is 32.0 Å². The molecule has 1 N–H and O–H groups in total. The first-order valence-electron chi connectivity index (χ1n) is 8.88. The van der Waals surface area contributed by atoms with Gasteiger partial charge in [0.15, 0.2) is 0 Å². The van der Waals surface area contributed by atoms with Crippen molar-refractivity contribution < 1.29 is 14.4 Å². The molecule has 6 nitrogen and oxygen atoms in total. The number of imide groups is 1. The van der Waals surface area contributed by atoms with Crippen LogP contribution in [0.15, 0.2) is 42.5 Å². The molecule has 0 aliphatic carbocycles. The average Bonchev–Trinajstić information content (AvgIpc) is 2.88. The predicted octanol–water partition coefficient (Wildman–Crippen LogP) is 2.47. The lowest BCUT2D eigenvalue weighted by Crippen LogP contribution is -2.39. The molecule has 1 aliphatic heterocycles. The summed E-state index contributed by atoms with van der Waals surface area (Å²) >= 11 is 0. The van der Waals surface area contributed by atoms with Gasteiger partial charge in [-0.25, -0.2) is 0 Å². The van der Waals surface area contributed by atoms with Gasteiger partial charge in [-0.2, -0.15) is 0 Å². The molecule has 0 fully saturated rings. The highest BCUT2D eigenvalue weighted by Gasteiger charge is 2.34. The molecule has 0 saturated carbocycles. The fourth-order valence-corrected chi connectivity index (χ4v) is 3.11. The number of fused-ring (bicyclic) bond motifs is 1. The lowest BCUT2D eigenvalue weighted by Gasteiger charge is -2.20. The number of likely N-dealkylation sites (N-methyl/N-ethyl adjacent to an activating group) is 1. The molecule has 0 atom stereocenters. The number of hydrogen-bond acceptors (Lipinski definition) is 4. The number of hydrogen-bond donors (Lipinski definition) is 1. The van der Waals surface area contributed by atoms with Crippen LogP contribution in [0.4, 0.5) is 5.69 Å². The van der Waals surface area contributed by atoms with Crippen molar-refractivity contribution in [3.63, 3.8) is 0 Å². The second kappa shape index (κ2) is 7.72. The summed E-state index contributed by atoms with van der Waals surface area (Å²) in [5, 5.41) is 2.91. The van der Waals surface area contributed by atoms with Crippen LogP contribution < -0.4 is 5.32 Å². The molecule has 6 heteroatoms. The first kappa shape index (κ1) is 18.8. The van der Waals surface area contributed by atoms with Crippen molar-refractivity contribution in [3.8, 4) is 0 Å². The van der Waals surface area contributed by atoms with Gasteiger partial charge in [-0.3, -0.25) is 24.2 Å². The van der Waals surface area contributed by atoms with Crippen LogP contribution in [0.3, 0.4) is 0 Å². The van der Waals surface area contributed by atoms with E-state index in [-0.39, 0.29) is 30.8 Å². The zero-order chi connectivity index (χ0) is 19.6. The van der Waals surface area contributed by atoms with Crippen LogP contribution in [0.25, 0.3) is 0 Å². The van der Waals surface area contributed by atoms with Gasteiger partial charge in [0.1, 0.15) is 0 Å². The summed E-state index contributed by atoms with van der Waals surface area (Å²) < 4.78 is 0. The van der Waals surface area contributed by atoms with Crippen molar-refractivity contribution in [3.05, 3.63) is 64.7 Å². The molecule has 2 aromatic rings. The lowest BCUT2D eigenvalue weighted by atomic mass is 10.1. The topological polar surface area (TPSA) is 69.7 Å². The van der Waals surface area contributed by atoms with Crippen molar-refractivity contribution in [2.45, 2.75) is 13.8 Å². The van der Waals surface area contributed by atoms with Gasteiger partial charge in [0.2, 0.25) is 5.91 Å². The molecule has 1 aliphatic rings. The molecule has 3 rings (SSSR count). The van der Waals surface area contributed by atoms with Gasteiger partial charge in [0, 0.05) is 18.8 Å². The Labute approximate surface area is 158 Å². The Bertz CT molecular complexity index is 872. The van der Waals surface area contributed by atoms with Crippen LogP contribution in [-0.2, 0) is 4.79 Å². The van der Waals surface area contributed by atoms with E-state index < -0.39 is 0 Å². The molecule has 2 aromatic carbocycles. The van der Waals surface area contributed by atoms with Gasteiger partial charge >= 0.3 is 0 Å². The van der Waals surface area contributed by atoms with E-state index in [9.17, 15) is 14.4 Å². The van der Waals surface area contributed by atoms with Gasteiger partial charge in [0.05, 0.1) is 17.7 Å². The lowest BCUT2D eigenvalue weighted by molar-refractivity contribution is -0.117. The maximum atomic E-state index is 12.4. The van der Waals surface area contributed by atoms with Gasteiger partial charge in [-0.05, 0) is 50.2 Å². The minimum atomic E-state index is -0.274. The van der Waals surface area contributed by atoms with Crippen LogP contribution >= 0.6 is 0 Å². The van der Waals surface area contributed by atoms with E-state index in [4.69, 9.17) is 0 Å². The number of nitrogens with zero attached hydrogens (tertiary/aromatic N) is 2. The van der Waals surface area contributed by atoms with Crippen molar-refractivity contribution in [1.82, 2.24) is 9.80 Å². The van der Waals surface area contributed by atoms with Crippen LogP contribution in [0, 0.1) is 13.8 Å². The first-order chi connectivity index (χ1) is 12.9. The number of benzene rings is 2. The molecule has 27 heavy (non-hydrogen) atoms. The maximum absolute atomic E-state index is 12.4. The van der Waals surface area contributed by atoms with Crippen molar-refractivity contribution >= 4 is 23.4 Å². The minimum Gasteiger partial charge on any atom is -0.325 e. The summed E-state index contributed by atoms with van der Waals surface area (Å²) in [5.74, 6) is -0.679. The van der Waals surface area contributed by atoms with Crippen LogP contribution in [0.1, 0.15) is 31.8 Å². The van der Waals surface area contributed by atoms with E-state index in [0.717, 1.165) is 16.8 Å². The van der Waals surface area contributed by atoms with E-state index >= 15 is 0 Å². The fourth-order valence-electron chi connectivity index (χ4n) is 3.11. The van der Waals surface area contributed by atoms with Gasteiger partial charge in [0.25, 0.3) is 11.8 Å². The highest BCUT2D eigenvalue weighted by Crippen LogP contribution is 2.22. The number of anilines is 1. The summed E-state index contributed by atoms with van der Waals surface area (Å²) in [6, 6.07) is 12.6. The third-order valence-corrected chi connectivity index (χ3v) is 4.88. The van der Waals surface area contributed by atoms with Crippen molar-refractivity contribution in [2.24, 2.45) is 0 Å². The monoisotopic (exact) mass is 365 g/mol. The van der Waals surface area contributed by atoms with E-state index in [0.29, 0.717) is 17.7 Å². The zero-order valence-corrected chi connectivity index (χ0v) is 15.8. The Morgan fingerprint density at radius 3 is 2.26 bits per heavy atom. The predicted molar refractivity (Wildman–Crippen MR) is 104 cm³/mol. The van der Waals surface area contributed by atoms with Crippen LogP contribution in [0.2, 0.25) is 0 Å². The Kier molecular flexibility index (Phi) is 5.37. The smallest absolute Gasteiger partial charge is 0.261 e. The maximum Gasteiger partial charge on any atom is 0.261 e. The average molecular weight is 365 g/mol. The Balaban J connectivity index is 1.54. The molecular formula is C21H23N3O3. The normalized spacial score (nSPS) is 13.3. The van der Waals surface area contributed by atoms with Crippen LogP contribution in [-0.4, -0.2) is 54.2 Å². The molecule has 0 spiro atoms. The number of carbonyl (C=O) groups is 3. The molecule has 1 heterocycles. The standard InChI is InChI=1S/C21H23N3O3/c1-14-7-6-10-18(15(14)2)22-19(25)13-23(3)11-12-24-20(26)16-8-4-5-9-17(16)21(24)27/h4-10H,11-13H2,1-3H3,(H,22,25).